The summed E-state index contributed by atoms with van der Waals surface area (Å²) in [5.41, 5.74) is 0.745. The number of nitriles is 1. The van der Waals surface area contributed by atoms with Crippen molar-refractivity contribution in [3.8, 4) is 23.0 Å². The van der Waals surface area contributed by atoms with Crippen LogP contribution in [-0.2, 0) is 6.67 Å². The van der Waals surface area contributed by atoms with Crippen molar-refractivity contribution in [2.45, 2.75) is 6.67 Å². The smallest absolute Gasteiger partial charge is 0.337 e. The summed E-state index contributed by atoms with van der Waals surface area (Å²) in [7, 11) is 0. The molecule has 7 nitrogen and oxygen atoms in total. The monoisotopic (exact) mass is 338 g/mol. The SMILES string of the molecule is N#Cc1ccc(-c2c[nH]n(-c3ccc(C(=O)O)cn3)c2=O)cc1CF. The standard InChI is InChI=1S/C17H11FN4O3/c18-6-13-5-10(1-2-11(13)7-19)14-9-21-22(16(14)23)15-4-3-12(8-20-15)17(24)25/h1-5,8-9,21H,6H2,(H,24,25). The predicted molar refractivity (Wildman–Crippen MR) is 86.1 cm³/mol. The van der Waals surface area contributed by atoms with E-state index in [4.69, 9.17) is 10.4 Å². The zero-order chi connectivity index (χ0) is 18.0. The molecule has 2 N–H and O–H groups in total. The molecule has 0 unspecified atom stereocenters. The van der Waals surface area contributed by atoms with Crippen LogP contribution in [-0.4, -0.2) is 25.8 Å². The quantitative estimate of drug-likeness (QED) is 0.758. The molecule has 0 amide bonds. The molecule has 2 heterocycles. The summed E-state index contributed by atoms with van der Waals surface area (Å²) in [5.74, 6) is -0.893. The highest BCUT2D eigenvalue weighted by Crippen LogP contribution is 2.20. The first-order valence-corrected chi connectivity index (χ1v) is 7.14. The maximum Gasteiger partial charge on any atom is 0.337 e. The lowest BCUT2D eigenvalue weighted by atomic mass is 10.0. The van der Waals surface area contributed by atoms with Crippen LogP contribution in [0.1, 0.15) is 21.5 Å². The van der Waals surface area contributed by atoms with E-state index in [1.165, 1.54) is 30.5 Å². The van der Waals surface area contributed by atoms with E-state index in [2.05, 4.69) is 10.1 Å². The first kappa shape index (κ1) is 16.1. The number of pyridine rings is 1. The molecule has 0 radical (unpaired) electrons. The van der Waals surface area contributed by atoms with Crippen LogP contribution in [0.4, 0.5) is 4.39 Å². The molecule has 124 valence electrons. The fourth-order valence-electron chi connectivity index (χ4n) is 2.37. The van der Waals surface area contributed by atoms with Gasteiger partial charge in [-0.3, -0.25) is 9.89 Å². The molecule has 0 fully saturated rings. The topological polar surface area (TPSA) is 112 Å². The van der Waals surface area contributed by atoms with Crippen molar-refractivity contribution < 1.29 is 14.3 Å². The van der Waals surface area contributed by atoms with Gasteiger partial charge in [0.05, 0.1) is 22.8 Å². The Morgan fingerprint density at radius 2 is 2.16 bits per heavy atom. The van der Waals surface area contributed by atoms with E-state index in [0.717, 1.165) is 10.9 Å². The van der Waals surface area contributed by atoms with E-state index in [-0.39, 0.29) is 28.1 Å². The summed E-state index contributed by atoms with van der Waals surface area (Å²) in [6.45, 7) is -0.812. The molecule has 0 saturated carbocycles. The second-order valence-electron chi connectivity index (χ2n) is 5.16. The van der Waals surface area contributed by atoms with E-state index < -0.39 is 18.2 Å². The molecule has 0 bridgehead atoms. The van der Waals surface area contributed by atoms with Crippen molar-refractivity contribution in [3.05, 3.63) is 69.8 Å². The van der Waals surface area contributed by atoms with Gasteiger partial charge in [0, 0.05) is 18.0 Å². The molecule has 3 rings (SSSR count). The van der Waals surface area contributed by atoms with Gasteiger partial charge in [0.1, 0.15) is 6.67 Å². The summed E-state index contributed by atoms with van der Waals surface area (Å²) >= 11 is 0. The lowest BCUT2D eigenvalue weighted by molar-refractivity contribution is 0.0696. The van der Waals surface area contributed by atoms with Gasteiger partial charge in [-0.2, -0.15) is 5.26 Å². The van der Waals surface area contributed by atoms with E-state index in [1.54, 1.807) is 6.07 Å². The van der Waals surface area contributed by atoms with Gasteiger partial charge in [-0.05, 0) is 29.8 Å². The summed E-state index contributed by atoms with van der Waals surface area (Å²) in [4.78, 5) is 27.4. The number of nitrogens with one attached hydrogen (secondary N) is 1. The summed E-state index contributed by atoms with van der Waals surface area (Å²) in [5, 5.41) is 20.6. The summed E-state index contributed by atoms with van der Waals surface area (Å²) in [6, 6.07) is 9.10. The summed E-state index contributed by atoms with van der Waals surface area (Å²) < 4.78 is 14.2. The molecular formula is C17H11FN4O3. The number of halogens is 1. The van der Waals surface area contributed by atoms with Crippen LogP contribution in [0.2, 0.25) is 0 Å². The number of carboxylic acids is 1. The minimum Gasteiger partial charge on any atom is -0.478 e. The molecule has 0 saturated heterocycles. The number of rotatable bonds is 4. The van der Waals surface area contributed by atoms with E-state index >= 15 is 0 Å². The maximum atomic E-state index is 13.0. The van der Waals surface area contributed by atoms with E-state index in [9.17, 15) is 14.0 Å². The molecule has 3 aromatic rings. The number of carboxylic acid groups (broad SMARTS) is 1. The zero-order valence-electron chi connectivity index (χ0n) is 12.7. The van der Waals surface area contributed by atoms with Crippen LogP contribution >= 0.6 is 0 Å². The van der Waals surface area contributed by atoms with Crippen molar-refractivity contribution in [1.82, 2.24) is 14.8 Å². The van der Waals surface area contributed by atoms with Gasteiger partial charge in [-0.1, -0.05) is 6.07 Å². The molecule has 2 aromatic heterocycles. The zero-order valence-corrected chi connectivity index (χ0v) is 12.7. The molecule has 0 aliphatic carbocycles. The molecule has 1 aromatic carbocycles. The van der Waals surface area contributed by atoms with Crippen molar-refractivity contribution in [2.75, 3.05) is 0 Å². The van der Waals surface area contributed by atoms with Crippen molar-refractivity contribution in [1.29, 1.82) is 5.26 Å². The Morgan fingerprint density at radius 1 is 1.36 bits per heavy atom. The van der Waals surface area contributed by atoms with Crippen LogP contribution < -0.4 is 5.56 Å². The Kier molecular flexibility index (Phi) is 4.14. The number of aromatic nitrogens is 3. The Hall–Kier alpha value is -3.73. The average Bonchev–Trinajstić information content (AvgIpc) is 3.02. The molecule has 25 heavy (non-hydrogen) atoms. The molecule has 0 spiro atoms. The number of aromatic carboxylic acids is 1. The van der Waals surface area contributed by atoms with Gasteiger partial charge < -0.3 is 5.11 Å². The van der Waals surface area contributed by atoms with Crippen molar-refractivity contribution >= 4 is 5.97 Å². The lowest BCUT2D eigenvalue weighted by Gasteiger charge is -2.02. The number of benzene rings is 1. The number of hydrogen-bond donors (Lipinski definition) is 2. The van der Waals surface area contributed by atoms with Crippen LogP contribution in [0.3, 0.4) is 0 Å². The van der Waals surface area contributed by atoms with Gasteiger partial charge >= 0.3 is 5.97 Å². The van der Waals surface area contributed by atoms with E-state index in [1.807, 2.05) is 6.07 Å². The number of hydrogen-bond acceptors (Lipinski definition) is 4. The van der Waals surface area contributed by atoms with Crippen molar-refractivity contribution in [3.63, 3.8) is 0 Å². The second kappa shape index (κ2) is 6.41. The first-order valence-electron chi connectivity index (χ1n) is 7.14. The number of nitrogens with zero attached hydrogens (tertiary/aromatic N) is 3. The fraction of sp³-hybridized carbons (Fsp3) is 0.0588. The third-order valence-corrected chi connectivity index (χ3v) is 3.68. The first-order chi connectivity index (χ1) is 12.0. The average molecular weight is 338 g/mol. The Morgan fingerprint density at radius 3 is 2.76 bits per heavy atom. The van der Waals surface area contributed by atoms with Crippen LogP contribution in [0.5, 0.6) is 0 Å². The fourth-order valence-corrected chi connectivity index (χ4v) is 2.37. The van der Waals surface area contributed by atoms with Crippen LogP contribution in [0.25, 0.3) is 16.9 Å². The number of carbonyl (C=O) groups is 1. The second-order valence-corrected chi connectivity index (χ2v) is 5.16. The van der Waals surface area contributed by atoms with Gasteiger partial charge in [-0.25, -0.2) is 18.9 Å². The van der Waals surface area contributed by atoms with Gasteiger partial charge in [-0.15, -0.1) is 0 Å². The molecule has 8 heteroatoms. The Bertz CT molecular complexity index is 1040. The third-order valence-electron chi connectivity index (χ3n) is 3.68. The number of alkyl halides is 1. The predicted octanol–water partition coefficient (Wildman–Crippen LogP) is 2.27. The summed E-state index contributed by atoms with van der Waals surface area (Å²) in [6.07, 6.45) is 2.59. The lowest BCUT2D eigenvalue weighted by Crippen LogP contribution is -2.17. The van der Waals surface area contributed by atoms with E-state index in [0.29, 0.717) is 5.56 Å². The minimum atomic E-state index is -1.12. The number of H-pyrrole nitrogens is 1. The Balaban J connectivity index is 2.03. The van der Waals surface area contributed by atoms with Crippen LogP contribution in [0, 0.1) is 11.3 Å². The normalized spacial score (nSPS) is 10.4. The van der Waals surface area contributed by atoms with Crippen molar-refractivity contribution in [2.24, 2.45) is 0 Å². The highest BCUT2D eigenvalue weighted by Gasteiger charge is 2.13. The molecular weight excluding hydrogens is 327 g/mol. The van der Waals surface area contributed by atoms with Gasteiger partial charge in [0.25, 0.3) is 5.56 Å². The highest BCUT2D eigenvalue weighted by atomic mass is 19.1. The minimum absolute atomic E-state index is 0.00302. The highest BCUT2D eigenvalue weighted by molar-refractivity contribution is 5.87. The maximum absolute atomic E-state index is 13.0. The molecule has 0 aliphatic rings. The molecule has 0 aliphatic heterocycles. The van der Waals surface area contributed by atoms with Crippen LogP contribution in [0.15, 0.2) is 47.5 Å². The number of aromatic amines is 1. The Labute approximate surface area is 140 Å². The van der Waals surface area contributed by atoms with Gasteiger partial charge in [0.2, 0.25) is 0 Å². The third kappa shape index (κ3) is 2.90. The largest absolute Gasteiger partial charge is 0.478 e. The van der Waals surface area contributed by atoms with Gasteiger partial charge in [0.15, 0.2) is 5.82 Å². The molecule has 0 atom stereocenters.